The van der Waals surface area contributed by atoms with Crippen molar-refractivity contribution in [1.82, 2.24) is 10.2 Å². The van der Waals surface area contributed by atoms with Gasteiger partial charge in [-0.3, -0.25) is 5.10 Å². The number of H-pyrrole nitrogens is 1. The van der Waals surface area contributed by atoms with Gasteiger partial charge in [0.15, 0.2) is 11.6 Å². The number of rotatable bonds is 3. The van der Waals surface area contributed by atoms with E-state index in [-0.39, 0.29) is 5.75 Å². The fraction of sp³-hybridized carbons (Fsp3) is 0.100. The summed E-state index contributed by atoms with van der Waals surface area (Å²) in [5.41, 5.74) is 6.76. The minimum atomic E-state index is -0.436. The van der Waals surface area contributed by atoms with Gasteiger partial charge in [0.1, 0.15) is 11.5 Å². The number of nitrogen functional groups attached to an aromatic ring is 1. The molecular formula is C10H11FN4O. The first-order chi connectivity index (χ1) is 7.70. The quantitative estimate of drug-likeness (QED) is 0.741. The molecular weight excluding hydrogens is 211 g/mol. The highest BCUT2D eigenvalue weighted by Gasteiger charge is 2.05. The average molecular weight is 222 g/mol. The molecule has 0 unspecified atom stereocenters. The molecule has 0 spiro atoms. The predicted octanol–water partition coefficient (Wildman–Crippen LogP) is 1.88. The Morgan fingerprint density at radius 3 is 2.88 bits per heavy atom. The number of methoxy groups -OCH3 is 1. The van der Waals surface area contributed by atoms with Crippen LogP contribution in [-0.4, -0.2) is 17.3 Å². The molecule has 1 heterocycles. The van der Waals surface area contributed by atoms with Crippen LogP contribution < -0.4 is 15.8 Å². The van der Waals surface area contributed by atoms with E-state index in [0.29, 0.717) is 17.2 Å². The molecule has 0 saturated carbocycles. The lowest BCUT2D eigenvalue weighted by Gasteiger charge is -2.06. The van der Waals surface area contributed by atoms with Gasteiger partial charge >= 0.3 is 0 Å². The summed E-state index contributed by atoms with van der Waals surface area (Å²) in [4.78, 5) is 0. The highest BCUT2D eigenvalue weighted by atomic mass is 19.1. The monoisotopic (exact) mass is 222 g/mol. The summed E-state index contributed by atoms with van der Waals surface area (Å²) in [7, 11) is 1.42. The molecule has 2 rings (SSSR count). The smallest absolute Gasteiger partial charge is 0.167 e. The maximum absolute atomic E-state index is 13.4. The molecule has 0 radical (unpaired) electrons. The van der Waals surface area contributed by atoms with Crippen LogP contribution in [-0.2, 0) is 0 Å². The average Bonchev–Trinajstić information content (AvgIpc) is 2.65. The number of nitrogens with two attached hydrogens (primary N) is 1. The number of hydrogen-bond donors (Lipinski definition) is 3. The van der Waals surface area contributed by atoms with Crippen molar-refractivity contribution in [3.63, 3.8) is 0 Å². The fourth-order valence-electron chi connectivity index (χ4n) is 1.30. The maximum Gasteiger partial charge on any atom is 0.167 e. The van der Waals surface area contributed by atoms with E-state index in [1.165, 1.54) is 25.4 Å². The van der Waals surface area contributed by atoms with Crippen molar-refractivity contribution in [2.24, 2.45) is 0 Å². The number of benzene rings is 1. The summed E-state index contributed by atoms with van der Waals surface area (Å²) in [6.45, 7) is 0. The topological polar surface area (TPSA) is 76.0 Å². The molecule has 0 fully saturated rings. The van der Waals surface area contributed by atoms with Crippen molar-refractivity contribution in [3.05, 3.63) is 30.2 Å². The Morgan fingerprint density at radius 2 is 2.31 bits per heavy atom. The Kier molecular flexibility index (Phi) is 2.63. The Balaban J connectivity index is 2.23. The number of anilines is 3. The molecule has 6 heteroatoms. The second kappa shape index (κ2) is 4.09. The molecule has 4 N–H and O–H groups in total. The van der Waals surface area contributed by atoms with Crippen molar-refractivity contribution in [2.75, 3.05) is 18.2 Å². The lowest BCUT2D eigenvalue weighted by atomic mass is 10.3. The van der Waals surface area contributed by atoms with Gasteiger partial charge < -0.3 is 15.8 Å². The third kappa shape index (κ3) is 1.90. The second-order valence-corrected chi connectivity index (χ2v) is 3.17. The van der Waals surface area contributed by atoms with Gasteiger partial charge in [0.25, 0.3) is 0 Å². The minimum Gasteiger partial charge on any atom is -0.494 e. The highest BCUT2D eigenvalue weighted by Crippen LogP contribution is 2.24. The largest absolute Gasteiger partial charge is 0.494 e. The van der Waals surface area contributed by atoms with Gasteiger partial charge in [0.2, 0.25) is 0 Å². The van der Waals surface area contributed by atoms with E-state index in [1.54, 1.807) is 6.07 Å². The van der Waals surface area contributed by atoms with Gasteiger partial charge in [-0.1, -0.05) is 0 Å². The van der Waals surface area contributed by atoms with Crippen LogP contribution in [0.3, 0.4) is 0 Å². The molecule has 0 atom stereocenters. The van der Waals surface area contributed by atoms with Gasteiger partial charge in [-0.05, 0) is 12.1 Å². The number of aromatic amines is 1. The highest BCUT2D eigenvalue weighted by molar-refractivity contribution is 5.69. The Morgan fingerprint density at radius 1 is 1.50 bits per heavy atom. The van der Waals surface area contributed by atoms with Crippen LogP contribution in [0.4, 0.5) is 21.6 Å². The van der Waals surface area contributed by atoms with Crippen LogP contribution >= 0.6 is 0 Å². The predicted molar refractivity (Wildman–Crippen MR) is 59.2 cm³/mol. The van der Waals surface area contributed by atoms with Crippen molar-refractivity contribution in [3.8, 4) is 5.75 Å². The standard InChI is InChI=1S/C10H11FN4O/c1-16-9-3-2-6(4-7(9)11)14-8-5-13-15-10(8)12/h2-5,14H,1H3,(H3,12,13,15). The van der Waals surface area contributed by atoms with E-state index in [4.69, 9.17) is 10.5 Å². The van der Waals surface area contributed by atoms with E-state index in [9.17, 15) is 4.39 Å². The van der Waals surface area contributed by atoms with Crippen LogP contribution in [0.25, 0.3) is 0 Å². The van der Waals surface area contributed by atoms with E-state index >= 15 is 0 Å². The first kappa shape index (κ1) is 10.3. The number of halogens is 1. The lowest BCUT2D eigenvalue weighted by Crippen LogP contribution is -1.95. The second-order valence-electron chi connectivity index (χ2n) is 3.17. The van der Waals surface area contributed by atoms with Gasteiger partial charge in [-0.2, -0.15) is 5.10 Å². The number of hydrogen-bond acceptors (Lipinski definition) is 4. The van der Waals surface area contributed by atoms with Gasteiger partial charge in [0.05, 0.1) is 13.3 Å². The first-order valence-corrected chi connectivity index (χ1v) is 4.60. The van der Waals surface area contributed by atoms with Crippen molar-refractivity contribution in [2.45, 2.75) is 0 Å². The zero-order valence-electron chi connectivity index (χ0n) is 8.62. The fourth-order valence-corrected chi connectivity index (χ4v) is 1.30. The Bertz CT molecular complexity index is 497. The van der Waals surface area contributed by atoms with Crippen molar-refractivity contribution < 1.29 is 9.13 Å². The molecule has 16 heavy (non-hydrogen) atoms. The first-order valence-electron chi connectivity index (χ1n) is 4.60. The normalized spacial score (nSPS) is 10.1. The molecule has 1 aromatic carbocycles. The molecule has 84 valence electrons. The number of nitrogens with one attached hydrogen (secondary N) is 2. The molecule has 0 aliphatic rings. The Labute approximate surface area is 91.4 Å². The minimum absolute atomic E-state index is 0.200. The lowest BCUT2D eigenvalue weighted by molar-refractivity contribution is 0.386. The number of nitrogens with zero attached hydrogens (tertiary/aromatic N) is 1. The maximum atomic E-state index is 13.4. The molecule has 0 amide bonds. The van der Waals surface area contributed by atoms with Gasteiger partial charge in [0, 0.05) is 11.8 Å². The summed E-state index contributed by atoms with van der Waals surface area (Å²) >= 11 is 0. The third-order valence-electron chi connectivity index (χ3n) is 2.10. The van der Waals surface area contributed by atoms with Crippen LogP contribution in [0.1, 0.15) is 0 Å². The van der Waals surface area contributed by atoms with E-state index in [0.717, 1.165) is 0 Å². The van der Waals surface area contributed by atoms with Crippen LogP contribution in [0, 0.1) is 5.82 Å². The number of aromatic nitrogens is 2. The van der Waals surface area contributed by atoms with E-state index in [2.05, 4.69) is 15.5 Å². The molecule has 5 nitrogen and oxygen atoms in total. The molecule has 2 aromatic rings. The van der Waals surface area contributed by atoms with E-state index in [1.807, 2.05) is 0 Å². The zero-order chi connectivity index (χ0) is 11.5. The summed E-state index contributed by atoms with van der Waals surface area (Å²) in [5, 5.41) is 9.25. The third-order valence-corrected chi connectivity index (χ3v) is 2.10. The van der Waals surface area contributed by atoms with Crippen LogP contribution in [0.5, 0.6) is 5.75 Å². The summed E-state index contributed by atoms with van der Waals surface area (Å²) in [6, 6.07) is 4.55. The van der Waals surface area contributed by atoms with Crippen molar-refractivity contribution in [1.29, 1.82) is 0 Å². The van der Waals surface area contributed by atoms with Crippen molar-refractivity contribution >= 4 is 17.2 Å². The molecule has 0 aliphatic heterocycles. The van der Waals surface area contributed by atoms with Gasteiger partial charge in [-0.25, -0.2) is 4.39 Å². The van der Waals surface area contributed by atoms with E-state index < -0.39 is 5.82 Å². The van der Waals surface area contributed by atoms with Crippen LogP contribution in [0.15, 0.2) is 24.4 Å². The van der Waals surface area contributed by atoms with Crippen LogP contribution in [0.2, 0.25) is 0 Å². The summed E-state index contributed by atoms with van der Waals surface area (Å²) in [6.07, 6.45) is 1.53. The molecule has 0 saturated heterocycles. The molecule has 0 bridgehead atoms. The SMILES string of the molecule is COc1ccc(Nc2cn[nH]c2N)cc1F. The van der Waals surface area contributed by atoms with Gasteiger partial charge in [-0.15, -0.1) is 0 Å². The number of ether oxygens (including phenoxy) is 1. The molecule has 1 aromatic heterocycles. The zero-order valence-corrected chi connectivity index (χ0v) is 8.62. The summed E-state index contributed by atoms with van der Waals surface area (Å²) < 4.78 is 18.2. The molecule has 0 aliphatic carbocycles. The summed E-state index contributed by atoms with van der Waals surface area (Å²) in [5.74, 6) is 0.163. The Hall–Kier alpha value is -2.24.